The van der Waals surface area contributed by atoms with E-state index < -0.39 is 5.60 Å². The van der Waals surface area contributed by atoms with Crippen molar-refractivity contribution in [1.82, 2.24) is 5.32 Å². The second-order valence-corrected chi connectivity index (χ2v) is 4.71. The maximum absolute atomic E-state index is 11.6. The van der Waals surface area contributed by atoms with Crippen LogP contribution in [0.25, 0.3) is 0 Å². The van der Waals surface area contributed by atoms with E-state index in [-0.39, 0.29) is 18.2 Å². The highest BCUT2D eigenvalue weighted by Gasteiger charge is 2.46. The van der Waals surface area contributed by atoms with Crippen LogP contribution in [0, 0.1) is 0 Å². The third kappa shape index (κ3) is 3.40. The van der Waals surface area contributed by atoms with Crippen molar-refractivity contribution in [3.05, 3.63) is 35.9 Å². The molecule has 1 saturated heterocycles. The number of ketones is 1. The van der Waals surface area contributed by atoms with Crippen LogP contribution in [0.15, 0.2) is 30.3 Å². The minimum Gasteiger partial charge on any atom is -0.362 e. The molecule has 1 aromatic rings. The van der Waals surface area contributed by atoms with E-state index in [1.54, 1.807) is 6.92 Å². The molecule has 0 saturated carbocycles. The Morgan fingerprint density at radius 2 is 2.00 bits per heavy atom. The molecule has 1 aliphatic heterocycles. The van der Waals surface area contributed by atoms with Crippen LogP contribution >= 0.6 is 0 Å². The standard InChI is InChI=1S/C14H17NO3/c1-14(10-18-14)12(16)9-15-13(17)8-7-11-5-3-2-4-6-11/h2-6H,7-10H2,1H3,(H,15,17). The summed E-state index contributed by atoms with van der Waals surface area (Å²) in [5.74, 6) is -0.160. The SMILES string of the molecule is CC1(C(=O)CNC(=O)CCc2ccccc2)CO1. The number of ether oxygens (including phenoxy) is 1. The first-order valence-corrected chi connectivity index (χ1v) is 6.08. The number of nitrogens with one attached hydrogen (secondary N) is 1. The van der Waals surface area contributed by atoms with Gasteiger partial charge in [-0.1, -0.05) is 30.3 Å². The number of carbonyl (C=O) groups excluding carboxylic acids is 2. The molecular formula is C14H17NO3. The summed E-state index contributed by atoms with van der Waals surface area (Å²) < 4.78 is 5.02. The Morgan fingerprint density at radius 1 is 1.33 bits per heavy atom. The predicted molar refractivity (Wildman–Crippen MR) is 67.1 cm³/mol. The number of epoxide rings is 1. The average Bonchev–Trinajstić information content (AvgIpc) is 3.14. The number of aryl methyl sites for hydroxylation is 1. The zero-order valence-electron chi connectivity index (χ0n) is 10.4. The first-order chi connectivity index (χ1) is 8.60. The van der Waals surface area contributed by atoms with Crippen LogP contribution in [-0.2, 0) is 20.7 Å². The fourth-order valence-corrected chi connectivity index (χ4v) is 1.63. The summed E-state index contributed by atoms with van der Waals surface area (Å²) in [6.45, 7) is 2.27. The molecule has 1 fully saturated rings. The van der Waals surface area contributed by atoms with Gasteiger partial charge in [0.15, 0.2) is 5.78 Å². The first kappa shape index (κ1) is 12.8. The van der Waals surface area contributed by atoms with Crippen molar-refractivity contribution in [1.29, 1.82) is 0 Å². The van der Waals surface area contributed by atoms with E-state index in [1.807, 2.05) is 30.3 Å². The molecule has 4 heteroatoms. The molecule has 1 heterocycles. The van der Waals surface area contributed by atoms with Gasteiger partial charge in [0.05, 0.1) is 13.2 Å². The Bertz CT molecular complexity index is 438. The maximum Gasteiger partial charge on any atom is 0.220 e. The molecule has 96 valence electrons. The van der Waals surface area contributed by atoms with E-state index in [1.165, 1.54) is 0 Å². The second-order valence-electron chi connectivity index (χ2n) is 4.71. The number of hydrogen-bond acceptors (Lipinski definition) is 3. The molecular weight excluding hydrogens is 230 g/mol. The van der Waals surface area contributed by atoms with Gasteiger partial charge in [-0.3, -0.25) is 9.59 Å². The summed E-state index contributed by atoms with van der Waals surface area (Å²) in [6, 6.07) is 9.80. The van der Waals surface area contributed by atoms with Gasteiger partial charge in [0.1, 0.15) is 5.60 Å². The first-order valence-electron chi connectivity index (χ1n) is 6.08. The van der Waals surface area contributed by atoms with Crippen molar-refractivity contribution in [2.75, 3.05) is 13.2 Å². The van der Waals surface area contributed by atoms with E-state index in [4.69, 9.17) is 4.74 Å². The van der Waals surface area contributed by atoms with Crippen LogP contribution in [0.4, 0.5) is 0 Å². The van der Waals surface area contributed by atoms with Crippen LogP contribution in [-0.4, -0.2) is 30.4 Å². The molecule has 1 N–H and O–H groups in total. The zero-order chi connectivity index (χ0) is 13.0. The summed E-state index contributed by atoms with van der Waals surface area (Å²) in [5, 5.41) is 2.63. The van der Waals surface area contributed by atoms with E-state index in [9.17, 15) is 9.59 Å². The largest absolute Gasteiger partial charge is 0.362 e. The maximum atomic E-state index is 11.6. The number of rotatable bonds is 6. The van der Waals surface area contributed by atoms with Gasteiger partial charge in [-0.05, 0) is 18.9 Å². The topological polar surface area (TPSA) is 58.7 Å². The van der Waals surface area contributed by atoms with Crippen LogP contribution in [0.1, 0.15) is 18.9 Å². The van der Waals surface area contributed by atoms with Crippen LogP contribution in [0.5, 0.6) is 0 Å². The highest BCUT2D eigenvalue weighted by molar-refractivity contribution is 5.93. The molecule has 4 nitrogen and oxygen atoms in total. The molecule has 1 unspecified atom stereocenters. The average molecular weight is 247 g/mol. The number of benzene rings is 1. The summed E-state index contributed by atoms with van der Waals surface area (Å²) in [4.78, 5) is 23.1. The van der Waals surface area contributed by atoms with E-state index in [0.717, 1.165) is 5.56 Å². The van der Waals surface area contributed by atoms with Gasteiger partial charge in [-0.2, -0.15) is 0 Å². The summed E-state index contributed by atoms with van der Waals surface area (Å²) in [6.07, 6.45) is 1.09. The Kier molecular flexibility index (Phi) is 3.77. The van der Waals surface area contributed by atoms with Gasteiger partial charge in [0, 0.05) is 6.42 Å². The van der Waals surface area contributed by atoms with Crippen molar-refractivity contribution in [2.24, 2.45) is 0 Å². The third-order valence-electron chi connectivity index (χ3n) is 3.10. The van der Waals surface area contributed by atoms with Gasteiger partial charge >= 0.3 is 0 Å². The lowest BCUT2D eigenvalue weighted by Gasteiger charge is -2.06. The molecule has 18 heavy (non-hydrogen) atoms. The zero-order valence-corrected chi connectivity index (χ0v) is 10.4. The molecule has 2 rings (SSSR count). The highest BCUT2D eigenvalue weighted by Crippen LogP contribution is 2.26. The van der Waals surface area contributed by atoms with Crippen LogP contribution in [0.3, 0.4) is 0 Å². The molecule has 1 atom stereocenters. The lowest BCUT2D eigenvalue weighted by atomic mass is 10.1. The Morgan fingerprint density at radius 3 is 2.61 bits per heavy atom. The van der Waals surface area contributed by atoms with Gasteiger partial charge in [-0.25, -0.2) is 0 Å². The smallest absolute Gasteiger partial charge is 0.220 e. The van der Waals surface area contributed by atoms with Gasteiger partial charge in [0.25, 0.3) is 0 Å². The quantitative estimate of drug-likeness (QED) is 0.766. The third-order valence-corrected chi connectivity index (χ3v) is 3.10. The van der Waals surface area contributed by atoms with E-state index in [0.29, 0.717) is 19.4 Å². The normalized spacial score (nSPS) is 21.4. The van der Waals surface area contributed by atoms with Crippen molar-refractivity contribution >= 4 is 11.7 Å². The minimum atomic E-state index is -0.646. The molecule has 1 aliphatic rings. The molecule has 0 bridgehead atoms. The second kappa shape index (κ2) is 5.31. The lowest BCUT2D eigenvalue weighted by Crippen LogP contribution is -2.35. The Labute approximate surface area is 106 Å². The molecule has 0 spiro atoms. The van der Waals surface area contributed by atoms with Crippen molar-refractivity contribution in [3.63, 3.8) is 0 Å². The summed E-state index contributed by atoms with van der Waals surface area (Å²) in [5.41, 5.74) is 0.476. The monoisotopic (exact) mass is 247 g/mol. The predicted octanol–water partition coefficient (Wildman–Crippen LogP) is 1.09. The van der Waals surface area contributed by atoms with Crippen LogP contribution in [0.2, 0.25) is 0 Å². The summed E-state index contributed by atoms with van der Waals surface area (Å²) in [7, 11) is 0. The molecule has 0 aromatic heterocycles. The number of hydrogen-bond donors (Lipinski definition) is 1. The Hall–Kier alpha value is -1.68. The molecule has 0 aliphatic carbocycles. The Balaban J connectivity index is 1.68. The van der Waals surface area contributed by atoms with Crippen molar-refractivity contribution < 1.29 is 14.3 Å². The minimum absolute atomic E-state index is 0.0596. The molecule has 1 amide bonds. The number of carbonyl (C=O) groups is 2. The fraction of sp³-hybridized carbons (Fsp3) is 0.429. The van der Waals surface area contributed by atoms with Gasteiger partial charge in [0.2, 0.25) is 5.91 Å². The van der Waals surface area contributed by atoms with Gasteiger partial charge < -0.3 is 10.1 Å². The van der Waals surface area contributed by atoms with Crippen LogP contribution < -0.4 is 5.32 Å². The lowest BCUT2D eigenvalue weighted by molar-refractivity contribution is -0.127. The fourth-order valence-electron chi connectivity index (χ4n) is 1.63. The van der Waals surface area contributed by atoms with E-state index in [2.05, 4.69) is 5.32 Å². The number of Topliss-reactive ketones (excluding diaryl/α,β-unsaturated/α-hetero) is 1. The van der Waals surface area contributed by atoms with Gasteiger partial charge in [-0.15, -0.1) is 0 Å². The highest BCUT2D eigenvalue weighted by atomic mass is 16.6. The number of amides is 1. The van der Waals surface area contributed by atoms with Crippen molar-refractivity contribution in [3.8, 4) is 0 Å². The summed E-state index contributed by atoms with van der Waals surface area (Å²) >= 11 is 0. The van der Waals surface area contributed by atoms with Crippen molar-refractivity contribution in [2.45, 2.75) is 25.4 Å². The molecule has 1 aromatic carbocycles. The van der Waals surface area contributed by atoms with E-state index >= 15 is 0 Å². The molecule has 0 radical (unpaired) electrons.